The number of carbonyl (C=O) groups excluding carboxylic acids is 1. The summed E-state index contributed by atoms with van der Waals surface area (Å²) in [6.45, 7) is 3.11. The second-order valence-corrected chi connectivity index (χ2v) is 8.10. The van der Waals surface area contributed by atoms with Gasteiger partial charge < -0.3 is 5.32 Å². The van der Waals surface area contributed by atoms with Gasteiger partial charge in [-0.1, -0.05) is 6.07 Å². The van der Waals surface area contributed by atoms with Crippen LogP contribution in [0.15, 0.2) is 23.1 Å². The van der Waals surface area contributed by atoms with Crippen molar-refractivity contribution >= 4 is 15.9 Å². The van der Waals surface area contributed by atoms with E-state index >= 15 is 0 Å². The molecule has 8 nitrogen and oxygen atoms in total. The number of benzene rings is 1. The average Bonchev–Trinajstić information content (AvgIpc) is 2.96. The van der Waals surface area contributed by atoms with Crippen LogP contribution in [-0.2, 0) is 23.0 Å². The molecule has 0 bridgehead atoms. The van der Waals surface area contributed by atoms with Crippen LogP contribution in [0.4, 0.5) is 0 Å². The van der Waals surface area contributed by atoms with Gasteiger partial charge in [0.15, 0.2) is 0 Å². The summed E-state index contributed by atoms with van der Waals surface area (Å²) in [6, 6.07) is 4.31. The van der Waals surface area contributed by atoms with E-state index in [9.17, 15) is 13.2 Å². The van der Waals surface area contributed by atoms with Gasteiger partial charge in [-0.2, -0.15) is 5.10 Å². The van der Waals surface area contributed by atoms with Crippen LogP contribution < -0.4 is 10.0 Å². The molecule has 2 aliphatic rings. The fourth-order valence-corrected chi connectivity index (χ4v) is 4.65. The maximum atomic E-state index is 12.8. The van der Waals surface area contributed by atoms with Crippen LogP contribution >= 0.6 is 0 Å². The largest absolute Gasteiger partial charge is 0.352 e. The number of aryl methyl sites for hydroxylation is 2. The number of nitrogens with one attached hydrogen (secondary N) is 2. The van der Waals surface area contributed by atoms with Crippen molar-refractivity contribution in [2.45, 2.75) is 43.7 Å². The molecule has 4 rings (SSSR count). The third-order valence-electron chi connectivity index (χ3n) is 4.59. The topological polar surface area (TPSA) is 106 Å². The molecule has 0 fully saturated rings. The summed E-state index contributed by atoms with van der Waals surface area (Å²) in [5.74, 6) is 1.04. The van der Waals surface area contributed by atoms with Crippen molar-refractivity contribution in [2.75, 3.05) is 6.54 Å². The zero-order chi connectivity index (χ0) is 17.6. The molecular formula is C16H19N5O3S. The van der Waals surface area contributed by atoms with Crippen molar-refractivity contribution in [2.24, 2.45) is 0 Å². The fourth-order valence-electron chi connectivity index (χ4n) is 3.39. The van der Waals surface area contributed by atoms with E-state index in [1.807, 2.05) is 0 Å². The molecule has 0 saturated carbocycles. The summed E-state index contributed by atoms with van der Waals surface area (Å²) in [4.78, 5) is 16.4. The van der Waals surface area contributed by atoms with Crippen LogP contribution in [0.3, 0.4) is 0 Å². The summed E-state index contributed by atoms with van der Waals surface area (Å²) < 4.78 is 30.1. The van der Waals surface area contributed by atoms with Gasteiger partial charge in [-0.05, 0) is 43.9 Å². The molecule has 2 aromatic rings. The lowest BCUT2D eigenvalue weighted by Crippen LogP contribution is -2.34. The molecule has 0 saturated heterocycles. The summed E-state index contributed by atoms with van der Waals surface area (Å²) in [5, 5.41) is 7.03. The second-order valence-electron chi connectivity index (χ2n) is 6.38. The predicted molar refractivity (Wildman–Crippen MR) is 89.5 cm³/mol. The van der Waals surface area contributed by atoms with E-state index in [1.54, 1.807) is 23.7 Å². The first-order chi connectivity index (χ1) is 11.9. The maximum Gasteiger partial charge on any atom is 0.251 e. The molecule has 2 N–H and O–H groups in total. The molecule has 25 heavy (non-hydrogen) atoms. The Bertz CT molecular complexity index is 951. The number of fused-ring (bicyclic) bond motifs is 2. The van der Waals surface area contributed by atoms with Gasteiger partial charge >= 0.3 is 0 Å². The number of rotatable bonds is 3. The minimum absolute atomic E-state index is 0.0941. The summed E-state index contributed by atoms with van der Waals surface area (Å²) >= 11 is 0. The average molecular weight is 361 g/mol. The van der Waals surface area contributed by atoms with Crippen LogP contribution in [0.5, 0.6) is 0 Å². The third-order valence-corrected chi connectivity index (χ3v) is 6.06. The number of nitrogens with zero attached hydrogens (tertiary/aromatic N) is 3. The number of carbonyl (C=O) groups is 1. The van der Waals surface area contributed by atoms with Crippen LogP contribution in [-0.4, -0.2) is 35.6 Å². The Kier molecular flexibility index (Phi) is 3.84. The Morgan fingerprint density at radius 1 is 1.36 bits per heavy atom. The molecule has 1 aromatic carbocycles. The molecule has 1 amide bonds. The Morgan fingerprint density at radius 3 is 3.04 bits per heavy atom. The van der Waals surface area contributed by atoms with Crippen LogP contribution in [0.25, 0.3) is 0 Å². The highest BCUT2D eigenvalue weighted by Crippen LogP contribution is 2.26. The molecule has 9 heteroatoms. The molecule has 1 aromatic heterocycles. The number of amides is 1. The number of hydrogen-bond acceptors (Lipinski definition) is 5. The predicted octanol–water partition coefficient (Wildman–Crippen LogP) is 0.686. The zero-order valence-electron chi connectivity index (χ0n) is 13.8. The van der Waals surface area contributed by atoms with Gasteiger partial charge in [-0.3, -0.25) is 4.79 Å². The van der Waals surface area contributed by atoms with E-state index < -0.39 is 16.1 Å². The van der Waals surface area contributed by atoms with Gasteiger partial charge in [-0.25, -0.2) is 22.8 Å². The van der Waals surface area contributed by atoms with E-state index in [1.165, 1.54) is 6.07 Å². The summed E-state index contributed by atoms with van der Waals surface area (Å²) in [6.07, 6.45) is 2.21. The number of hydrogen-bond donors (Lipinski definition) is 2. The Labute approximate surface area is 145 Å². The van der Waals surface area contributed by atoms with E-state index in [-0.39, 0.29) is 10.8 Å². The highest BCUT2D eigenvalue weighted by atomic mass is 32.2. The molecule has 0 unspecified atom stereocenters. The normalized spacial score (nSPS) is 19.9. The lowest BCUT2D eigenvalue weighted by molar-refractivity contribution is 0.0945. The first-order valence-corrected chi connectivity index (χ1v) is 9.77. The standard InChI is InChI=1S/C16H19N5O3S/c1-10-18-15-14(3-2-8-21(15)19-10)20-25(23,24)12-5-4-11-6-7-17-16(22)13(11)9-12/h4-5,9,14,20H,2-3,6-8H2,1H3,(H,17,22)/t14-/m0/s1. The lowest BCUT2D eigenvalue weighted by atomic mass is 10.0. The number of aromatic nitrogens is 3. The molecule has 2 aliphatic heterocycles. The van der Waals surface area contributed by atoms with Crippen molar-refractivity contribution in [3.63, 3.8) is 0 Å². The van der Waals surface area contributed by atoms with E-state index in [0.717, 1.165) is 18.5 Å². The van der Waals surface area contributed by atoms with Crippen LogP contribution in [0.1, 0.15) is 46.5 Å². The highest BCUT2D eigenvalue weighted by molar-refractivity contribution is 7.89. The molecular weight excluding hydrogens is 342 g/mol. The van der Waals surface area contributed by atoms with Crippen molar-refractivity contribution in [1.82, 2.24) is 24.8 Å². The summed E-state index contributed by atoms with van der Waals surface area (Å²) in [7, 11) is -3.76. The Hall–Kier alpha value is -2.26. The van der Waals surface area contributed by atoms with E-state index in [0.29, 0.717) is 36.6 Å². The van der Waals surface area contributed by atoms with Crippen LogP contribution in [0, 0.1) is 6.92 Å². The Balaban J connectivity index is 1.65. The minimum Gasteiger partial charge on any atom is -0.352 e. The van der Waals surface area contributed by atoms with Crippen molar-refractivity contribution in [3.8, 4) is 0 Å². The van der Waals surface area contributed by atoms with Crippen molar-refractivity contribution < 1.29 is 13.2 Å². The maximum absolute atomic E-state index is 12.8. The molecule has 0 aliphatic carbocycles. The van der Waals surface area contributed by atoms with E-state index in [4.69, 9.17) is 0 Å². The van der Waals surface area contributed by atoms with Gasteiger partial charge in [0.25, 0.3) is 5.91 Å². The van der Waals surface area contributed by atoms with Gasteiger partial charge in [0.1, 0.15) is 11.6 Å². The smallest absolute Gasteiger partial charge is 0.251 e. The second kappa shape index (κ2) is 5.92. The van der Waals surface area contributed by atoms with Gasteiger partial charge in [-0.15, -0.1) is 0 Å². The number of sulfonamides is 1. The molecule has 3 heterocycles. The van der Waals surface area contributed by atoms with Gasteiger partial charge in [0.2, 0.25) is 10.0 Å². The zero-order valence-corrected chi connectivity index (χ0v) is 14.6. The first-order valence-electron chi connectivity index (χ1n) is 8.29. The fraction of sp³-hybridized carbons (Fsp3) is 0.438. The summed E-state index contributed by atoms with van der Waals surface area (Å²) in [5.41, 5.74) is 1.30. The van der Waals surface area contributed by atoms with Crippen molar-refractivity contribution in [3.05, 3.63) is 41.0 Å². The van der Waals surface area contributed by atoms with Crippen molar-refractivity contribution in [1.29, 1.82) is 0 Å². The SMILES string of the molecule is Cc1nc2n(n1)CCC[C@@H]2NS(=O)(=O)c1ccc2c(c1)C(=O)NCC2. The van der Waals surface area contributed by atoms with Gasteiger partial charge in [0, 0.05) is 18.7 Å². The molecule has 0 radical (unpaired) electrons. The molecule has 132 valence electrons. The van der Waals surface area contributed by atoms with Gasteiger partial charge in [0.05, 0.1) is 10.9 Å². The quantitative estimate of drug-likeness (QED) is 0.836. The first kappa shape index (κ1) is 16.2. The van der Waals surface area contributed by atoms with Crippen LogP contribution in [0.2, 0.25) is 0 Å². The minimum atomic E-state index is -3.76. The lowest BCUT2D eigenvalue weighted by Gasteiger charge is -2.23. The monoisotopic (exact) mass is 361 g/mol. The third kappa shape index (κ3) is 2.93. The highest BCUT2D eigenvalue weighted by Gasteiger charge is 2.29. The Morgan fingerprint density at radius 2 is 2.20 bits per heavy atom. The van der Waals surface area contributed by atoms with E-state index in [2.05, 4.69) is 20.1 Å². The molecule has 1 atom stereocenters. The molecule has 0 spiro atoms.